The van der Waals surface area contributed by atoms with Gasteiger partial charge in [0.25, 0.3) is 0 Å². The van der Waals surface area contributed by atoms with E-state index in [9.17, 15) is 0 Å². The molecule has 0 saturated carbocycles. The van der Waals surface area contributed by atoms with E-state index < -0.39 is 0 Å². The van der Waals surface area contributed by atoms with Gasteiger partial charge >= 0.3 is 0 Å². The van der Waals surface area contributed by atoms with Crippen LogP contribution in [0.15, 0.2) is 30.3 Å². The predicted molar refractivity (Wildman–Crippen MR) is 122 cm³/mol. The van der Waals surface area contributed by atoms with Crippen molar-refractivity contribution in [1.29, 1.82) is 0 Å². The molecular formula is C27H40. The zero-order valence-electron chi connectivity index (χ0n) is 19.5. The summed E-state index contributed by atoms with van der Waals surface area (Å²) >= 11 is 0. The molecule has 148 valence electrons. The normalized spacial score (nSPS) is 12.9. The second-order valence-corrected chi connectivity index (χ2v) is 10.9. The van der Waals surface area contributed by atoms with Crippen LogP contribution in [0, 0.1) is 6.92 Å². The lowest BCUT2D eigenvalue weighted by atomic mass is 9.78. The molecule has 2 rings (SSSR count). The first kappa shape index (κ1) is 21.7. The van der Waals surface area contributed by atoms with Crippen LogP contribution in [0.1, 0.15) is 109 Å². The highest BCUT2D eigenvalue weighted by Gasteiger charge is 2.22. The molecule has 0 fully saturated rings. The second kappa shape index (κ2) is 7.46. The Morgan fingerprint density at radius 1 is 0.556 bits per heavy atom. The lowest BCUT2D eigenvalue weighted by Gasteiger charge is -2.27. The summed E-state index contributed by atoms with van der Waals surface area (Å²) in [6.45, 7) is 25.4. The fourth-order valence-electron chi connectivity index (χ4n) is 3.79. The summed E-state index contributed by atoms with van der Waals surface area (Å²) < 4.78 is 0. The predicted octanol–water partition coefficient (Wildman–Crippen LogP) is 8.50. The average Bonchev–Trinajstić information content (AvgIpc) is 2.52. The summed E-state index contributed by atoms with van der Waals surface area (Å²) in [4.78, 5) is 0. The Hall–Kier alpha value is -1.56. The van der Waals surface area contributed by atoms with Crippen molar-refractivity contribution in [3.05, 3.63) is 58.1 Å². The van der Waals surface area contributed by atoms with Gasteiger partial charge in [-0.05, 0) is 68.5 Å². The maximum atomic E-state index is 2.43. The third kappa shape index (κ3) is 4.84. The first-order chi connectivity index (χ1) is 12.2. The van der Waals surface area contributed by atoms with E-state index in [4.69, 9.17) is 0 Å². The Balaban J connectivity index is 2.81. The van der Waals surface area contributed by atoms with Gasteiger partial charge in [0.15, 0.2) is 0 Å². The van der Waals surface area contributed by atoms with E-state index >= 15 is 0 Å². The Morgan fingerprint density at radius 3 is 1.19 bits per heavy atom. The topological polar surface area (TPSA) is 0 Å². The lowest BCUT2D eigenvalue weighted by molar-refractivity contribution is 0.569. The standard InChI is InChI=1S/C27H40/c1-17(2)24-14-21(15-25(18(3)4)19(24)5)20-12-22(26(6,7)8)16-23(13-20)27(9,10)11/h12-18H,1-11H3. The largest absolute Gasteiger partial charge is 0.0587 e. The monoisotopic (exact) mass is 364 g/mol. The van der Waals surface area contributed by atoms with Crippen LogP contribution in [0.25, 0.3) is 11.1 Å². The van der Waals surface area contributed by atoms with E-state index in [1.807, 2.05) is 0 Å². The molecule has 0 nitrogen and oxygen atoms in total. The van der Waals surface area contributed by atoms with Gasteiger partial charge < -0.3 is 0 Å². The van der Waals surface area contributed by atoms with Crippen LogP contribution in [0.4, 0.5) is 0 Å². The maximum Gasteiger partial charge on any atom is -0.0132 e. The van der Waals surface area contributed by atoms with Crippen molar-refractivity contribution in [3.63, 3.8) is 0 Å². The number of benzene rings is 2. The Labute approximate surface area is 168 Å². The summed E-state index contributed by atoms with van der Waals surface area (Å²) in [6, 6.07) is 12.1. The fourth-order valence-corrected chi connectivity index (χ4v) is 3.79. The van der Waals surface area contributed by atoms with Crippen LogP contribution < -0.4 is 0 Å². The summed E-state index contributed by atoms with van der Waals surface area (Å²) in [7, 11) is 0. The van der Waals surface area contributed by atoms with E-state index in [2.05, 4.69) is 106 Å². The minimum atomic E-state index is 0.141. The molecule has 27 heavy (non-hydrogen) atoms. The smallest absolute Gasteiger partial charge is 0.0132 e. The highest BCUT2D eigenvalue weighted by atomic mass is 14.3. The summed E-state index contributed by atoms with van der Waals surface area (Å²) in [5, 5.41) is 0. The van der Waals surface area contributed by atoms with Gasteiger partial charge in [0.05, 0.1) is 0 Å². The zero-order valence-corrected chi connectivity index (χ0v) is 19.5. The van der Waals surface area contributed by atoms with Gasteiger partial charge in [0.1, 0.15) is 0 Å². The van der Waals surface area contributed by atoms with Gasteiger partial charge in [-0.2, -0.15) is 0 Å². The van der Waals surface area contributed by atoms with Crippen molar-refractivity contribution in [1.82, 2.24) is 0 Å². The highest BCUT2D eigenvalue weighted by Crippen LogP contribution is 2.37. The van der Waals surface area contributed by atoms with E-state index in [0.29, 0.717) is 11.8 Å². The molecule has 0 radical (unpaired) electrons. The average molecular weight is 365 g/mol. The molecular weight excluding hydrogens is 324 g/mol. The molecule has 2 aromatic rings. The van der Waals surface area contributed by atoms with Crippen LogP contribution in [0.5, 0.6) is 0 Å². The summed E-state index contributed by atoms with van der Waals surface area (Å²) in [5.41, 5.74) is 10.3. The minimum absolute atomic E-state index is 0.141. The van der Waals surface area contributed by atoms with Gasteiger partial charge in [-0.1, -0.05) is 99.6 Å². The second-order valence-electron chi connectivity index (χ2n) is 10.9. The van der Waals surface area contributed by atoms with Crippen LogP contribution in [0.3, 0.4) is 0 Å². The Bertz CT molecular complexity index is 744. The third-order valence-electron chi connectivity index (χ3n) is 5.73. The molecule has 0 aliphatic rings. The molecule has 0 heteroatoms. The molecule has 0 amide bonds. The summed E-state index contributed by atoms with van der Waals surface area (Å²) in [6.07, 6.45) is 0. The molecule has 0 N–H and O–H groups in total. The molecule has 0 bridgehead atoms. The molecule has 0 heterocycles. The molecule has 2 aromatic carbocycles. The molecule has 0 aliphatic carbocycles. The highest BCUT2D eigenvalue weighted by molar-refractivity contribution is 5.69. The molecule has 0 aromatic heterocycles. The first-order valence-electron chi connectivity index (χ1n) is 10.5. The van der Waals surface area contributed by atoms with Crippen molar-refractivity contribution in [3.8, 4) is 11.1 Å². The minimum Gasteiger partial charge on any atom is -0.0587 e. The molecule has 0 aliphatic heterocycles. The van der Waals surface area contributed by atoms with E-state index in [-0.39, 0.29) is 10.8 Å². The molecule has 0 atom stereocenters. The number of hydrogen-bond acceptors (Lipinski definition) is 0. The Kier molecular flexibility index (Phi) is 6.00. The quantitative estimate of drug-likeness (QED) is 0.512. The van der Waals surface area contributed by atoms with Gasteiger partial charge in [0, 0.05) is 0 Å². The van der Waals surface area contributed by atoms with E-state index in [0.717, 1.165) is 0 Å². The van der Waals surface area contributed by atoms with Crippen molar-refractivity contribution in [2.24, 2.45) is 0 Å². The Morgan fingerprint density at radius 2 is 0.889 bits per heavy atom. The molecule has 0 unspecified atom stereocenters. The van der Waals surface area contributed by atoms with Gasteiger partial charge in [-0.25, -0.2) is 0 Å². The van der Waals surface area contributed by atoms with Crippen molar-refractivity contribution < 1.29 is 0 Å². The van der Waals surface area contributed by atoms with Crippen LogP contribution in [-0.2, 0) is 10.8 Å². The molecule has 0 spiro atoms. The molecule has 0 saturated heterocycles. The van der Waals surface area contributed by atoms with Crippen LogP contribution in [0.2, 0.25) is 0 Å². The SMILES string of the molecule is Cc1c(C(C)C)cc(-c2cc(C(C)(C)C)cc(C(C)(C)C)c2)cc1C(C)C. The maximum absolute atomic E-state index is 2.43. The lowest BCUT2D eigenvalue weighted by Crippen LogP contribution is -2.16. The first-order valence-corrected chi connectivity index (χ1v) is 10.5. The van der Waals surface area contributed by atoms with Crippen molar-refractivity contribution in [2.45, 2.75) is 98.8 Å². The van der Waals surface area contributed by atoms with Gasteiger partial charge in [-0.3, -0.25) is 0 Å². The van der Waals surface area contributed by atoms with Crippen molar-refractivity contribution >= 4 is 0 Å². The van der Waals surface area contributed by atoms with Gasteiger partial charge in [0.2, 0.25) is 0 Å². The zero-order chi connectivity index (χ0) is 20.7. The van der Waals surface area contributed by atoms with Crippen LogP contribution >= 0.6 is 0 Å². The summed E-state index contributed by atoms with van der Waals surface area (Å²) in [5.74, 6) is 1.07. The van der Waals surface area contributed by atoms with E-state index in [1.54, 1.807) is 0 Å². The van der Waals surface area contributed by atoms with Crippen molar-refractivity contribution in [2.75, 3.05) is 0 Å². The van der Waals surface area contributed by atoms with E-state index in [1.165, 1.54) is 38.9 Å². The third-order valence-corrected chi connectivity index (χ3v) is 5.73. The number of hydrogen-bond donors (Lipinski definition) is 0. The van der Waals surface area contributed by atoms with Crippen LogP contribution in [-0.4, -0.2) is 0 Å². The fraction of sp³-hybridized carbons (Fsp3) is 0.556. The van der Waals surface area contributed by atoms with Gasteiger partial charge in [-0.15, -0.1) is 0 Å². The number of rotatable bonds is 3.